The van der Waals surface area contributed by atoms with Gasteiger partial charge < -0.3 is 26.3 Å². The van der Waals surface area contributed by atoms with Crippen molar-refractivity contribution in [3.8, 4) is 0 Å². The molecule has 0 saturated carbocycles. The lowest BCUT2D eigenvalue weighted by Gasteiger charge is -2.31. The Hall–Kier alpha value is -2.26. The van der Waals surface area contributed by atoms with E-state index in [1.165, 1.54) is 0 Å². The third kappa shape index (κ3) is 4.87. The first-order chi connectivity index (χ1) is 11.4. The van der Waals surface area contributed by atoms with Gasteiger partial charge in [0.1, 0.15) is 12.7 Å². The highest BCUT2D eigenvalue weighted by Gasteiger charge is 2.28. The lowest BCUT2D eigenvalue weighted by molar-refractivity contribution is -0.132. The van der Waals surface area contributed by atoms with Gasteiger partial charge in [0.25, 0.3) is 0 Å². The van der Waals surface area contributed by atoms with Crippen LogP contribution in [0.15, 0.2) is 0 Å². The molecule has 1 aromatic heterocycles. The fourth-order valence-electron chi connectivity index (χ4n) is 2.67. The van der Waals surface area contributed by atoms with Crippen LogP contribution in [0, 0.1) is 13.8 Å². The zero-order valence-electron chi connectivity index (χ0n) is 13.9. The summed E-state index contributed by atoms with van der Waals surface area (Å²) in [5.74, 6) is -0.538. The van der Waals surface area contributed by atoms with Gasteiger partial charge in [0, 0.05) is 23.6 Å². The van der Waals surface area contributed by atoms with Gasteiger partial charge >= 0.3 is 0 Å². The van der Waals surface area contributed by atoms with Gasteiger partial charge in [0.2, 0.25) is 17.8 Å². The van der Waals surface area contributed by atoms with Crippen molar-refractivity contribution >= 4 is 17.8 Å². The molecule has 2 rings (SSSR count). The molecule has 0 radical (unpaired) electrons. The fraction of sp³-hybridized carbons (Fsp3) is 0.600. The minimum absolute atomic E-state index is 0.151. The Balaban J connectivity index is 1.98. The molecule has 132 valence electrons. The van der Waals surface area contributed by atoms with Crippen molar-refractivity contribution in [2.75, 3.05) is 25.6 Å². The van der Waals surface area contributed by atoms with Crippen molar-refractivity contribution in [2.24, 2.45) is 5.73 Å². The summed E-state index contributed by atoms with van der Waals surface area (Å²) in [4.78, 5) is 31.4. The third-order valence-corrected chi connectivity index (χ3v) is 3.87. The standard InChI is InChI=1S/C15H23N5O4/c1-8-10(9(2)19-15(17)18-8)5-14(22)20-11-3-4-23-6-12(11)24-7-13(16)21/h11-12H,3-7H2,1-2H3,(H2,16,21)(H,20,22)(H2,17,18,19)/t11-,12-/m1/s1. The number of amides is 2. The average molecular weight is 337 g/mol. The molecule has 9 heteroatoms. The van der Waals surface area contributed by atoms with Crippen LogP contribution in [0.4, 0.5) is 5.95 Å². The molecule has 2 heterocycles. The van der Waals surface area contributed by atoms with Gasteiger partial charge in [-0.15, -0.1) is 0 Å². The average Bonchev–Trinajstić information content (AvgIpc) is 2.50. The summed E-state index contributed by atoms with van der Waals surface area (Å²) < 4.78 is 10.7. The van der Waals surface area contributed by atoms with Gasteiger partial charge in [-0.1, -0.05) is 0 Å². The molecule has 1 saturated heterocycles. The Morgan fingerprint density at radius 3 is 2.62 bits per heavy atom. The monoisotopic (exact) mass is 337 g/mol. The first-order valence-electron chi connectivity index (χ1n) is 7.73. The largest absolute Gasteiger partial charge is 0.379 e. The third-order valence-electron chi connectivity index (χ3n) is 3.87. The predicted octanol–water partition coefficient (Wildman–Crippen LogP) is -1.01. The van der Waals surface area contributed by atoms with Crippen molar-refractivity contribution in [3.05, 3.63) is 17.0 Å². The van der Waals surface area contributed by atoms with E-state index >= 15 is 0 Å². The number of carbonyl (C=O) groups excluding carboxylic acids is 2. The number of nitrogens with two attached hydrogens (primary N) is 2. The van der Waals surface area contributed by atoms with Crippen LogP contribution in [0.2, 0.25) is 0 Å². The van der Waals surface area contributed by atoms with E-state index in [9.17, 15) is 9.59 Å². The minimum Gasteiger partial charge on any atom is -0.379 e. The van der Waals surface area contributed by atoms with E-state index in [0.717, 1.165) is 5.56 Å². The normalized spacial score (nSPS) is 20.6. The van der Waals surface area contributed by atoms with E-state index in [4.69, 9.17) is 20.9 Å². The summed E-state index contributed by atoms with van der Waals surface area (Å²) in [6.07, 6.45) is 0.350. The second kappa shape index (κ2) is 8.02. The summed E-state index contributed by atoms with van der Waals surface area (Å²) in [7, 11) is 0. The molecule has 9 nitrogen and oxygen atoms in total. The summed E-state index contributed by atoms with van der Waals surface area (Å²) in [5.41, 5.74) is 12.8. The molecular weight excluding hydrogens is 314 g/mol. The maximum absolute atomic E-state index is 12.4. The molecule has 1 aliphatic rings. The second-order valence-electron chi connectivity index (χ2n) is 5.76. The second-order valence-corrected chi connectivity index (χ2v) is 5.76. The number of nitrogen functional groups attached to an aromatic ring is 1. The first-order valence-corrected chi connectivity index (χ1v) is 7.73. The number of hydrogen-bond donors (Lipinski definition) is 3. The lowest BCUT2D eigenvalue weighted by Crippen LogP contribution is -2.51. The van der Waals surface area contributed by atoms with Crippen LogP contribution in [0.1, 0.15) is 23.4 Å². The lowest BCUT2D eigenvalue weighted by atomic mass is 10.0. The summed E-state index contributed by atoms with van der Waals surface area (Å²) >= 11 is 0. The van der Waals surface area contributed by atoms with E-state index in [-0.39, 0.29) is 30.9 Å². The summed E-state index contributed by atoms with van der Waals surface area (Å²) in [6.45, 7) is 4.21. The smallest absolute Gasteiger partial charge is 0.243 e. The van der Waals surface area contributed by atoms with Crippen molar-refractivity contribution in [3.63, 3.8) is 0 Å². The van der Waals surface area contributed by atoms with Crippen molar-refractivity contribution < 1.29 is 19.1 Å². The van der Waals surface area contributed by atoms with E-state index in [0.29, 0.717) is 31.0 Å². The minimum atomic E-state index is -0.559. The Kier molecular flexibility index (Phi) is 6.04. The van der Waals surface area contributed by atoms with Gasteiger partial charge in [-0.2, -0.15) is 0 Å². The van der Waals surface area contributed by atoms with Crippen LogP contribution in [-0.4, -0.2) is 53.7 Å². The molecule has 2 atom stereocenters. The topological polar surface area (TPSA) is 142 Å². The number of carbonyl (C=O) groups is 2. The number of rotatable bonds is 6. The van der Waals surface area contributed by atoms with Crippen LogP contribution in [0.5, 0.6) is 0 Å². The highest BCUT2D eigenvalue weighted by atomic mass is 16.5. The molecule has 5 N–H and O–H groups in total. The van der Waals surface area contributed by atoms with E-state index < -0.39 is 12.0 Å². The molecule has 1 fully saturated rings. The molecule has 1 aliphatic heterocycles. The number of ether oxygens (including phenoxy) is 2. The van der Waals surface area contributed by atoms with E-state index in [1.807, 2.05) is 0 Å². The van der Waals surface area contributed by atoms with Gasteiger partial charge in [-0.3, -0.25) is 9.59 Å². The molecule has 0 bridgehead atoms. The van der Waals surface area contributed by atoms with Crippen molar-refractivity contribution in [2.45, 2.75) is 38.8 Å². The predicted molar refractivity (Wildman–Crippen MR) is 85.9 cm³/mol. The SMILES string of the molecule is Cc1nc(N)nc(C)c1CC(=O)N[C@@H]1CCOC[C@H]1OCC(N)=O. The Labute approximate surface area is 140 Å². The van der Waals surface area contributed by atoms with Crippen LogP contribution < -0.4 is 16.8 Å². The number of nitrogens with zero attached hydrogens (tertiary/aromatic N) is 2. The molecule has 0 unspecified atom stereocenters. The Bertz CT molecular complexity index is 599. The zero-order valence-corrected chi connectivity index (χ0v) is 13.9. The van der Waals surface area contributed by atoms with Gasteiger partial charge in [-0.25, -0.2) is 9.97 Å². The van der Waals surface area contributed by atoms with E-state index in [2.05, 4.69) is 15.3 Å². The Morgan fingerprint density at radius 2 is 2.00 bits per heavy atom. The van der Waals surface area contributed by atoms with Gasteiger partial charge in [0.15, 0.2) is 0 Å². The molecule has 1 aromatic rings. The number of primary amides is 1. The molecule has 24 heavy (non-hydrogen) atoms. The van der Waals surface area contributed by atoms with Gasteiger partial charge in [0.05, 0.1) is 19.1 Å². The van der Waals surface area contributed by atoms with E-state index in [1.54, 1.807) is 13.8 Å². The fourth-order valence-corrected chi connectivity index (χ4v) is 2.67. The number of aryl methyl sites for hydroxylation is 2. The van der Waals surface area contributed by atoms with Crippen molar-refractivity contribution in [1.82, 2.24) is 15.3 Å². The van der Waals surface area contributed by atoms with Crippen molar-refractivity contribution in [1.29, 1.82) is 0 Å². The van der Waals surface area contributed by atoms with Crippen LogP contribution >= 0.6 is 0 Å². The van der Waals surface area contributed by atoms with Crippen LogP contribution in [-0.2, 0) is 25.5 Å². The maximum Gasteiger partial charge on any atom is 0.243 e. The zero-order chi connectivity index (χ0) is 17.7. The van der Waals surface area contributed by atoms with Crippen LogP contribution in [0.25, 0.3) is 0 Å². The first kappa shape index (κ1) is 18.1. The molecule has 0 spiro atoms. The summed E-state index contributed by atoms with van der Waals surface area (Å²) in [5, 5.41) is 2.93. The quantitative estimate of drug-likeness (QED) is 0.604. The maximum atomic E-state index is 12.4. The number of nitrogens with one attached hydrogen (secondary N) is 1. The number of anilines is 1. The highest BCUT2D eigenvalue weighted by molar-refractivity contribution is 5.79. The Morgan fingerprint density at radius 1 is 1.33 bits per heavy atom. The molecule has 0 aromatic carbocycles. The molecular formula is C15H23N5O4. The number of aromatic nitrogens is 2. The summed E-state index contributed by atoms with van der Waals surface area (Å²) in [6, 6.07) is -0.235. The number of hydrogen-bond acceptors (Lipinski definition) is 7. The van der Waals surface area contributed by atoms with Crippen LogP contribution in [0.3, 0.4) is 0 Å². The van der Waals surface area contributed by atoms with Gasteiger partial charge in [-0.05, 0) is 20.3 Å². The molecule has 0 aliphatic carbocycles. The highest BCUT2D eigenvalue weighted by Crippen LogP contribution is 2.14. The molecule has 2 amide bonds.